The van der Waals surface area contributed by atoms with Gasteiger partial charge in [-0.3, -0.25) is 0 Å². The molecule has 7 rings (SSSR count). The lowest BCUT2D eigenvalue weighted by Crippen LogP contribution is -2.23. The molecule has 0 atom stereocenters. The fourth-order valence-corrected chi connectivity index (χ4v) is 10.3. The van der Waals surface area contributed by atoms with Crippen molar-refractivity contribution in [1.29, 1.82) is 0 Å². The molecule has 7 aromatic rings. The SMILES string of the molecule is c1ccc(P(c2ccccc2)c2cccc3o[nH]oc4cccc(P(c5ccccc5)c5ccccc5)c4c23)cc1. The van der Waals surface area contributed by atoms with Gasteiger partial charge in [-0.25, -0.2) is 0 Å². The van der Waals surface area contributed by atoms with Crippen molar-refractivity contribution in [2.45, 2.75) is 0 Å². The third-order valence-corrected chi connectivity index (χ3v) is 12.1. The molecular weight excluding hydrogens is 540 g/mol. The van der Waals surface area contributed by atoms with Crippen LogP contribution in [0, 0.1) is 0 Å². The minimum Gasteiger partial charge on any atom is -0.351 e. The van der Waals surface area contributed by atoms with Crippen molar-refractivity contribution < 1.29 is 9.05 Å². The predicted molar refractivity (Wildman–Crippen MR) is 175 cm³/mol. The van der Waals surface area contributed by atoms with Gasteiger partial charge in [0.25, 0.3) is 0 Å². The summed E-state index contributed by atoms with van der Waals surface area (Å²) in [6.45, 7) is 0. The van der Waals surface area contributed by atoms with E-state index in [-0.39, 0.29) is 0 Å². The van der Waals surface area contributed by atoms with E-state index >= 15 is 0 Å². The normalized spacial score (nSPS) is 11.4. The van der Waals surface area contributed by atoms with E-state index in [1.165, 1.54) is 31.8 Å². The molecule has 1 N–H and O–H groups in total. The van der Waals surface area contributed by atoms with E-state index in [4.69, 9.17) is 9.05 Å². The average molecular weight is 568 g/mol. The highest BCUT2D eigenvalue weighted by atomic mass is 31.1. The van der Waals surface area contributed by atoms with Gasteiger partial charge in [-0.05, 0) is 59.8 Å². The van der Waals surface area contributed by atoms with Crippen LogP contribution in [0.1, 0.15) is 0 Å². The first kappa shape index (κ1) is 25.5. The second kappa shape index (κ2) is 11.6. The van der Waals surface area contributed by atoms with E-state index in [1.54, 1.807) is 0 Å². The van der Waals surface area contributed by atoms with Crippen LogP contribution in [0.4, 0.5) is 0 Å². The van der Waals surface area contributed by atoms with Crippen LogP contribution < -0.4 is 31.8 Å². The molecule has 0 radical (unpaired) electrons. The first-order valence-electron chi connectivity index (χ1n) is 13.5. The van der Waals surface area contributed by atoms with Crippen molar-refractivity contribution >= 4 is 69.6 Å². The molecule has 6 aromatic carbocycles. The summed E-state index contributed by atoms with van der Waals surface area (Å²) in [6.07, 6.45) is 0. The molecule has 0 saturated carbocycles. The molecule has 0 spiro atoms. The Kier molecular flexibility index (Phi) is 7.22. The number of aromatic amines is 1. The monoisotopic (exact) mass is 567 g/mol. The number of hydrogen-bond acceptors (Lipinski definition) is 2. The third kappa shape index (κ3) is 5.00. The molecule has 0 amide bonds. The highest BCUT2D eigenvalue weighted by Gasteiger charge is 2.25. The zero-order chi connectivity index (χ0) is 27.4. The van der Waals surface area contributed by atoms with E-state index in [0.717, 1.165) is 21.9 Å². The maximum Gasteiger partial charge on any atom is 0.167 e. The van der Waals surface area contributed by atoms with Crippen molar-refractivity contribution in [3.05, 3.63) is 158 Å². The van der Waals surface area contributed by atoms with Crippen LogP contribution in [0.2, 0.25) is 0 Å². The average Bonchev–Trinajstić information content (AvgIpc) is 3.24. The molecule has 5 heteroatoms. The maximum atomic E-state index is 6.09. The molecule has 1 heterocycles. The van der Waals surface area contributed by atoms with Gasteiger partial charge >= 0.3 is 0 Å². The molecule has 198 valence electrons. The number of rotatable bonds is 6. The molecule has 0 bridgehead atoms. The van der Waals surface area contributed by atoms with Gasteiger partial charge in [0.05, 0.1) is 0 Å². The maximum absolute atomic E-state index is 6.09. The summed E-state index contributed by atoms with van der Waals surface area (Å²) in [5.74, 6) is 0. The van der Waals surface area contributed by atoms with E-state index in [9.17, 15) is 0 Å². The number of fused-ring (bicyclic) bond motifs is 3. The lowest BCUT2D eigenvalue weighted by Gasteiger charge is -2.23. The molecule has 0 fully saturated rings. The molecule has 3 nitrogen and oxygen atoms in total. The summed E-state index contributed by atoms with van der Waals surface area (Å²) in [7, 11) is -1.79. The van der Waals surface area contributed by atoms with E-state index in [2.05, 4.69) is 151 Å². The summed E-state index contributed by atoms with van der Waals surface area (Å²) < 4.78 is 12.2. The fraction of sp³-hybridized carbons (Fsp3) is 0. The minimum absolute atomic E-state index is 0.754. The molecule has 0 aliphatic rings. The van der Waals surface area contributed by atoms with Crippen LogP contribution in [-0.4, -0.2) is 5.33 Å². The van der Waals surface area contributed by atoms with E-state index < -0.39 is 15.8 Å². The standard InChI is InChI=1S/C36H27NO2P2/c1-5-15-27(16-6-1)40(28-17-7-2-8-18-28)33-25-13-23-31-35(33)36-32(39-37-38-31)24-14-26-34(36)41(29-19-9-3-10-20-29)30-21-11-4-12-22-30/h1-26,37H. The van der Waals surface area contributed by atoms with Crippen molar-refractivity contribution in [2.24, 2.45) is 0 Å². The zero-order valence-electron chi connectivity index (χ0n) is 22.2. The second-order valence-corrected chi connectivity index (χ2v) is 14.0. The van der Waals surface area contributed by atoms with Crippen molar-refractivity contribution in [3.63, 3.8) is 0 Å². The van der Waals surface area contributed by atoms with Gasteiger partial charge in [-0.2, -0.15) is 0 Å². The van der Waals surface area contributed by atoms with Gasteiger partial charge in [-0.15, -0.1) is 0 Å². The summed E-state index contributed by atoms with van der Waals surface area (Å²) >= 11 is 0. The van der Waals surface area contributed by atoms with Crippen LogP contribution in [0.15, 0.2) is 167 Å². The van der Waals surface area contributed by atoms with Crippen LogP contribution in [-0.2, 0) is 0 Å². The lowest BCUT2D eigenvalue weighted by atomic mass is 10.1. The number of benzene rings is 6. The zero-order valence-corrected chi connectivity index (χ0v) is 24.0. The quantitative estimate of drug-likeness (QED) is 0.217. The summed E-state index contributed by atoms with van der Waals surface area (Å²) in [6, 6.07) is 55.9. The van der Waals surface area contributed by atoms with Crippen molar-refractivity contribution in [3.8, 4) is 0 Å². The van der Waals surface area contributed by atoms with E-state index in [0.29, 0.717) is 0 Å². The molecular formula is C36H27NO2P2. The number of hydrogen-bond donors (Lipinski definition) is 1. The van der Waals surface area contributed by atoms with Crippen LogP contribution >= 0.6 is 15.8 Å². The van der Waals surface area contributed by atoms with Crippen molar-refractivity contribution in [1.82, 2.24) is 5.33 Å². The van der Waals surface area contributed by atoms with E-state index in [1.807, 2.05) is 12.1 Å². The number of nitrogens with one attached hydrogen (secondary N) is 1. The molecule has 0 unspecified atom stereocenters. The Balaban J connectivity index is 1.61. The molecule has 0 aliphatic heterocycles. The van der Waals surface area contributed by atoms with Crippen LogP contribution in [0.25, 0.3) is 21.9 Å². The number of aromatic nitrogens is 1. The van der Waals surface area contributed by atoms with Gasteiger partial charge in [-0.1, -0.05) is 151 Å². The lowest BCUT2D eigenvalue weighted by molar-refractivity contribution is 0.228. The predicted octanol–water partition coefficient (Wildman–Crippen LogP) is 7.15. The molecule has 41 heavy (non-hydrogen) atoms. The smallest absolute Gasteiger partial charge is 0.167 e. The Morgan fingerprint density at radius 2 is 0.659 bits per heavy atom. The Bertz CT molecular complexity index is 1720. The Morgan fingerprint density at radius 3 is 0.976 bits per heavy atom. The largest absolute Gasteiger partial charge is 0.351 e. The molecule has 0 aliphatic carbocycles. The molecule has 1 aromatic heterocycles. The van der Waals surface area contributed by atoms with Crippen molar-refractivity contribution in [2.75, 3.05) is 0 Å². The van der Waals surface area contributed by atoms with Crippen LogP contribution in [0.3, 0.4) is 0 Å². The fourth-order valence-electron chi connectivity index (χ4n) is 5.36. The highest BCUT2D eigenvalue weighted by molar-refractivity contribution is 7.81. The van der Waals surface area contributed by atoms with Gasteiger partial charge in [0, 0.05) is 10.8 Å². The summed E-state index contributed by atoms with van der Waals surface area (Å²) in [5.41, 5.74) is 1.51. The summed E-state index contributed by atoms with van der Waals surface area (Å²) in [5, 5.41) is 12.5. The number of H-pyrrole nitrogens is 1. The minimum atomic E-state index is -0.893. The van der Waals surface area contributed by atoms with Gasteiger partial charge in [0.2, 0.25) is 0 Å². The Labute approximate surface area is 241 Å². The first-order valence-corrected chi connectivity index (χ1v) is 16.2. The summed E-state index contributed by atoms with van der Waals surface area (Å²) in [4.78, 5) is 0. The van der Waals surface area contributed by atoms with Gasteiger partial charge in [0.15, 0.2) is 11.2 Å². The highest BCUT2D eigenvalue weighted by Crippen LogP contribution is 2.41. The van der Waals surface area contributed by atoms with Gasteiger partial charge < -0.3 is 9.05 Å². The van der Waals surface area contributed by atoms with Crippen LogP contribution in [0.5, 0.6) is 0 Å². The Morgan fingerprint density at radius 1 is 0.341 bits per heavy atom. The van der Waals surface area contributed by atoms with Gasteiger partial charge in [0.1, 0.15) is 0 Å². The second-order valence-electron chi connectivity index (χ2n) is 9.60. The Hall–Kier alpha value is -4.42. The molecule has 0 saturated heterocycles. The first-order chi connectivity index (χ1) is 20.4. The topological polar surface area (TPSA) is 42.1 Å². The third-order valence-electron chi connectivity index (χ3n) is 7.10.